The third-order valence-electron chi connectivity index (χ3n) is 6.84. The van der Waals surface area contributed by atoms with Crippen LogP contribution in [0.2, 0.25) is 5.02 Å². The van der Waals surface area contributed by atoms with Crippen LogP contribution >= 0.6 is 11.6 Å². The number of fused-ring (bicyclic) bond motifs is 3. The van der Waals surface area contributed by atoms with Gasteiger partial charge in [-0.15, -0.1) is 0 Å². The molecule has 0 saturated carbocycles. The molecule has 0 aliphatic rings. The molecule has 5 rings (SSSR count). The number of carboxylic acids is 1. The van der Waals surface area contributed by atoms with E-state index in [2.05, 4.69) is 45.2 Å². The number of aromatic nitrogens is 2. The highest BCUT2D eigenvalue weighted by Crippen LogP contribution is 2.30. The van der Waals surface area contributed by atoms with Crippen molar-refractivity contribution in [3.05, 3.63) is 101 Å². The average molecular weight is 554 g/mol. The highest BCUT2D eigenvalue weighted by atomic mass is 35.5. The summed E-state index contributed by atoms with van der Waals surface area (Å²) in [6.45, 7) is 4.16. The van der Waals surface area contributed by atoms with Crippen LogP contribution in [0, 0.1) is 0 Å². The van der Waals surface area contributed by atoms with Crippen molar-refractivity contribution in [2.75, 3.05) is 31.5 Å². The quantitative estimate of drug-likeness (QED) is 0.0992. The number of unbranched alkanes of at least 4 members (excludes halogenated alkanes) is 1. The normalized spacial score (nSPS) is 11.2. The van der Waals surface area contributed by atoms with Gasteiger partial charge in [-0.05, 0) is 61.3 Å². The predicted octanol–water partition coefficient (Wildman–Crippen LogP) is 6.37. The summed E-state index contributed by atoms with van der Waals surface area (Å²) in [5, 5.41) is 23.3. The second kappa shape index (κ2) is 13.3. The molecule has 3 aromatic carbocycles. The van der Waals surface area contributed by atoms with Crippen LogP contribution in [0.25, 0.3) is 32.8 Å². The van der Waals surface area contributed by atoms with Gasteiger partial charge in [-0.25, -0.2) is 9.78 Å². The predicted molar refractivity (Wildman–Crippen MR) is 163 cm³/mol. The molecule has 7 nitrogen and oxygen atoms in total. The second-order valence-electron chi connectivity index (χ2n) is 9.66. The van der Waals surface area contributed by atoms with Gasteiger partial charge >= 0.3 is 5.97 Å². The molecule has 204 valence electrons. The molecule has 4 N–H and O–H groups in total. The van der Waals surface area contributed by atoms with E-state index in [-0.39, 0.29) is 5.56 Å². The Morgan fingerprint density at radius 3 is 2.45 bits per heavy atom. The van der Waals surface area contributed by atoms with Crippen molar-refractivity contribution in [2.45, 2.75) is 19.4 Å². The molecule has 0 spiro atoms. The summed E-state index contributed by atoms with van der Waals surface area (Å²) in [6.07, 6.45) is 5.69. The number of nitrogens with zero attached hydrogens (tertiary/aromatic N) is 2. The van der Waals surface area contributed by atoms with Gasteiger partial charge in [0.05, 0.1) is 11.1 Å². The van der Waals surface area contributed by atoms with Gasteiger partial charge in [0.1, 0.15) is 5.82 Å². The lowest BCUT2D eigenvalue weighted by Crippen LogP contribution is -2.24. The van der Waals surface area contributed by atoms with Crippen molar-refractivity contribution in [2.24, 2.45) is 0 Å². The van der Waals surface area contributed by atoms with E-state index >= 15 is 0 Å². The molecule has 0 aliphatic heterocycles. The van der Waals surface area contributed by atoms with Crippen LogP contribution in [0.3, 0.4) is 0 Å². The van der Waals surface area contributed by atoms with Crippen LogP contribution in [0.15, 0.2) is 85.2 Å². The van der Waals surface area contributed by atoms with Crippen LogP contribution < -0.4 is 16.0 Å². The SMILES string of the molecule is O=C(O)c1ccc2c(c1)nc(NCCNCCCCNCc1ccc(-c3ccccc3)c(Cl)c1)c1ccncc12. The number of halogens is 1. The van der Waals surface area contributed by atoms with E-state index in [0.717, 1.165) is 77.1 Å². The van der Waals surface area contributed by atoms with Gasteiger partial charge in [0.2, 0.25) is 0 Å². The third-order valence-corrected chi connectivity index (χ3v) is 7.15. The summed E-state index contributed by atoms with van der Waals surface area (Å²) >= 11 is 6.53. The molecule has 5 aromatic rings. The molecular formula is C32H32ClN5O2. The summed E-state index contributed by atoms with van der Waals surface area (Å²) < 4.78 is 0. The molecule has 0 atom stereocenters. The Labute approximate surface area is 238 Å². The maximum absolute atomic E-state index is 11.4. The van der Waals surface area contributed by atoms with Gasteiger partial charge < -0.3 is 21.1 Å². The van der Waals surface area contributed by atoms with Gasteiger partial charge in [0.15, 0.2) is 0 Å². The molecule has 8 heteroatoms. The molecule has 2 aromatic heterocycles. The number of rotatable bonds is 13. The highest BCUT2D eigenvalue weighted by Gasteiger charge is 2.11. The summed E-state index contributed by atoms with van der Waals surface area (Å²) in [6, 6.07) is 23.4. The molecule has 0 fully saturated rings. The first-order valence-electron chi connectivity index (χ1n) is 13.5. The first-order chi connectivity index (χ1) is 19.6. The minimum atomic E-state index is -0.967. The Balaban J connectivity index is 1.02. The van der Waals surface area contributed by atoms with E-state index in [4.69, 9.17) is 16.6 Å². The summed E-state index contributed by atoms with van der Waals surface area (Å²) in [5.74, 6) is -0.235. The van der Waals surface area contributed by atoms with Crippen molar-refractivity contribution < 1.29 is 9.90 Å². The smallest absolute Gasteiger partial charge is 0.335 e. The van der Waals surface area contributed by atoms with Gasteiger partial charge in [0, 0.05) is 58.8 Å². The molecule has 2 heterocycles. The minimum Gasteiger partial charge on any atom is -0.478 e. The van der Waals surface area contributed by atoms with Crippen LogP contribution in [0.4, 0.5) is 5.82 Å². The van der Waals surface area contributed by atoms with Crippen molar-refractivity contribution in [3.63, 3.8) is 0 Å². The molecule has 0 unspecified atom stereocenters. The lowest BCUT2D eigenvalue weighted by atomic mass is 10.0. The first kappa shape index (κ1) is 27.5. The fourth-order valence-electron chi connectivity index (χ4n) is 4.76. The minimum absolute atomic E-state index is 0.218. The second-order valence-corrected chi connectivity index (χ2v) is 10.1. The Kier molecular flexibility index (Phi) is 9.18. The number of pyridine rings is 2. The van der Waals surface area contributed by atoms with E-state index in [1.165, 1.54) is 5.56 Å². The van der Waals surface area contributed by atoms with Crippen molar-refractivity contribution in [3.8, 4) is 11.1 Å². The van der Waals surface area contributed by atoms with Crippen LogP contribution in [-0.2, 0) is 6.54 Å². The van der Waals surface area contributed by atoms with Crippen molar-refractivity contribution >= 4 is 45.1 Å². The van der Waals surface area contributed by atoms with Crippen LogP contribution in [-0.4, -0.2) is 47.2 Å². The number of carboxylic acid groups (broad SMARTS) is 1. The monoisotopic (exact) mass is 553 g/mol. The van der Waals surface area contributed by atoms with E-state index in [1.54, 1.807) is 30.6 Å². The first-order valence-corrected chi connectivity index (χ1v) is 13.9. The van der Waals surface area contributed by atoms with Crippen molar-refractivity contribution in [1.29, 1.82) is 0 Å². The topological polar surface area (TPSA) is 99.2 Å². The van der Waals surface area contributed by atoms with Gasteiger partial charge in [0.25, 0.3) is 0 Å². The third kappa shape index (κ3) is 6.74. The number of carbonyl (C=O) groups is 1. The average Bonchev–Trinajstić information content (AvgIpc) is 2.98. The van der Waals surface area contributed by atoms with Crippen LogP contribution in [0.5, 0.6) is 0 Å². The maximum atomic E-state index is 11.4. The lowest BCUT2D eigenvalue weighted by Gasteiger charge is -2.12. The zero-order chi connectivity index (χ0) is 27.7. The number of aromatic carboxylic acids is 1. The van der Waals surface area contributed by atoms with E-state index in [0.29, 0.717) is 12.1 Å². The molecule has 0 bridgehead atoms. The highest BCUT2D eigenvalue weighted by molar-refractivity contribution is 6.33. The lowest BCUT2D eigenvalue weighted by molar-refractivity contribution is 0.0697. The summed E-state index contributed by atoms with van der Waals surface area (Å²) in [7, 11) is 0. The van der Waals surface area contributed by atoms with Gasteiger partial charge in [-0.1, -0.05) is 60.1 Å². The van der Waals surface area contributed by atoms with Crippen LogP contribution in [0.1, 0.15) is 28.8 Å². The Hall–Kier alpha value is -4.04. The number of hydrogen-bond donors (Lipinski definition) is 4. The largest absolute Gasteiger partial charge is 0.478 e. The Morgan fingerprint density at radius 1 is 0.825 bits per heavy atom. The molecule has 0 amide bonds. The number of hydrogen-bond acceptors (Lipinski definition) is 6. The molecular weight excluding hydrogens is 522 g/mol. The fraction of sp³-hybridized carbons (Fsp3) is 0.219. The molecule has 40 heavy (non-hydrogen) atoms. The number of anilines is 1. The zero-order valence-electron chi connectivity index (χ0n) is 22.2. The van der Waals surface area contributed by atoms with Gasteiger partial charge in [-0.2, -0.15) is 0 Å². The standard InChI is InChI=1S/C32H32ClN5O2/c33-29-18-22(8-10-25(29)23-6-2-1-3-7-23)20-35-14-5-4-13-34-16-17-37-31-27-12-15-36-21-28(27)26-11-9-24(32(39)40)19-30(26)38-31/h1-3,6-12,15,18-19,21,34-35H,4-5,13-14,16-17,20H2,(H,37,38)(H,39,40). The fourth-order valence-corrected chi connectivity index (χ4v) is 5.08. The number of nitrogens with one attached hydrogen (secondary N) is 3. The summed E-state index contributed by atoms with van der Waals surface area (Å²) in [4.78, 5) is 20.4. The molecule has 0 radical (unpaired) electrons. The summed E-state index contributed by atoms with van der Waals surface area (Å²) in [5.41, 5.74) is 4.22. The van der Waals surface area contributed by atoms with Gasteiger partial charge in [-0.3, -0.25) is 4.98 Å². The van der Waals surface area contributed by atoms with E-state index in [1.807, 2.05) is 30.3 Å². The molecule has 0 aliphatic carbocycles. The van der Waals surface area contributed by atoms with E-state index in [9.17, 15) is 9.90 Å². The maximum Gasteiger partial charge on any atom is 0.335 e. The van der Waals surface area contributed by atoms with Crippen molar-refractivity contribution in [1.82, 2.24) is 20.6 Å². The Morgan fingerprint density at radius 2 is 1.65 bits per heavy atom. The molecule has 0 saturated heterocycles. The van der Waals surface area contributed by atoms with E-state index < -0.39 is 5.97 Å². The Bertz CT molecular complexity index is 1610. The number of benzene rings is 3. The zero-order valence-corrected chi connectivity index (χ0v) is 22.9.